The molecular formula is C15H23ClN4OS. The van der Waals surface area contributed by atoms with E-state index < -0.39 is 0 Å². The van der Waals surface area contributed by atoms with Crippen molar-refractivity contribution in [3.05, 3.63) is 22.4 Å². The Bertz CT molecular complexity index is 604. The maximum absolute atomic E-state index is 9.44. The second-order valence-electron chi connectivity index (χ2n) is 6.13. The second kappa shape index (κ2) is 7.27. The van der Waals surface area contributed by atoms with Gasteiger partial charge >= 0.3 is 0 Å². The fourth-order valence-corrected chi connectivity index (χ4v) is 4.13. The number of hydrogen-bond acceptors (Lipinski definition) is 5. The maximum Gasteiger partial charge on any atom is 0.195 e. The minimum Gasteiger partial charge on any atom is -0.392 e. The number of piperidine rings is 1. The summed E-state index contributed by atoms with van der Waals surface area (Å²) >= 11 is 7.80. The third kappa shape index (κ3) is 3.81. The lowest BCUT2D eigenvalue weighted by molar-refractivity contribution is 0.0998. The minimum atomic E-state index is -0.230. The summed E-state index contributed by atoms with van der Waals surface area (Å²) in [6, 6.07) is 0. The Hall–Kier alpha value is -0.660. The van der Waals surface area contributed by atoms with Crippen molar-refractivity contribution >= 4 is 27.9 Å². The monoisotopic (exact) mass is 342 g/mol. The van der Waals surface area contributed by atoms with Crippen LogP contribution in [0.1, 0.15) is 25.5 Å². The number of aliphatic hydroxyl groups is 1. The molecule has 1 saturated heterocycles. The number of aliphatic hydroxyl groups excluding tert-OH is 1. The number of nitrogens with zero attached hydrogens (tertiary/aromatic N) is 3. The predicted octanol–water partition coefficient (Wildman–Crippen LogP) is 2.23. The number of likely N-dealkylation sites (tertiary alicyclic amines) is 1. The third-order valence-electron chi connectivity index (χ3n) is 4.27. The first-order chi connectivity index (χ1) is 10.6. The van der Waals surface area contributed by atoms with Gasteiger partial charge in [-0.05, 0) is 45.3 Å². The average molecular weight is 343 g/mol. The Labute approximate surface area is 139 Å². The molecule has 0 aliphatic carbocycles. The molecule has 2 aromatic heterocycles. The first-order valence-electron chi connectivity index (χ1n) is 7.84. The molecule has 122 valence electrons. The molecule has 5 nitrogen and oxygen atoms in total. The number of hydrogen-bond donors (Lipinski definition) is 2. The van der Waals surface area contributed by atoms with Gasteiger partial charge in [-0.2, -0.15) is 0 Å². The first-order valence-corrected chi connectivity index (χ1v) is 9.10. The topological polar surface area (TPSA) is 52.8 Å². The van der Waals surface area contributed by atoms with Crippen molar-refractivity contribution in [3.63, 3.8) is 0 Å². The van der Waals surface area contributed by atoms with E-state index >= 15 is 0 Å². The quantitative estimate of drug-likeness (QED) is 0.845. The van der Waals surface area contributed by atoms with E-state index in [0.29, 0.717) is 11.1 Å². The Morgan fingerprint density at radius 2 is 2.27 bits per heavy atom. The van der Waals surface area contributed by atoms with E-state index in [2.05, 4.69) is 19.6 Å². The van der Waals surface area contributed by atoms with E-state index in [4.69, 9.17) is 11.6 Å². The molecule has 2 N–H and O–H groups in total. The van der Waals surface area contributed by atoms with Gasteiger partial charge in [-0.1, -0.05) is 11.6 Å². The van der Waals surface area contributed by atoms with Gasteiger partial charge in [0, 0.05) is 24.7 Å². The zero-order valence-corrected chi connectivity index (χ0v) is 14.4. The normalized spacial score (nSPS) is 19.0. The maximum atomic E-state index is 9.44. The molecule has 0 radical (unpaired) electrons. The van der Waals surface area contributed by atoms with Gasteiger partial charge < -0.3 is 15.3 Å². The van der Waals surface area contributed by atoms with Gasteiger partial charge in [0.1, 0.15) is 0 Å². The van der Waals surface area contributed by atoms with Crippen LogP contribution >= 0.6 is 22.9 Å². The summed E-state index contributed by atoms with van der Waals surface area (Å²) in [4.78, 5) is 7.66. The molecule has 7 heteroatoms. The lowest BCUT2D eigenvalue weighted by Crippen LogP contribution is -2.40. The van der Waals surface area contributed by atoms with Crippen LogP contribution in [0.4, 0.5) is 0 Å². The average Bonchev–Trinajstić information content (AvgIpc) is 3.02. The summed E-state index contributed by atoms with van der Waals surface area (Å²) in [5.74, 6) is 0.704. The van der Waals surface area contributed by atoms with E-state index in [0.717, 1.165) is 43.4 Å². The summed E-state index contributed by atoms with van der Waals surface area (Å²) in [6.07, 6.45) is 4.16. The molecule has 0 spiro atoms. The van der Waals surface area contributed by atoms with Crippen molar-refractivity contribution in [2.24, 2.45) is 5.92 Å². The smallest absolute Gasteiger partial charge is 0.195 e. The van der Waals surface area contributed by atoms with E-state index in [1.54, 1.807) is 11.3 Å². The number of β-amino-alcohol motifs (C(OH)–C–C–N with tert-alkyl or cyclic N) is 1. The number of nitrogens with one attached hydrogen (secondary N) is 1. The number of aromatic nitrogens is 2. The molecule has 22 heavy (non-hydrogen) atoms. The van der Waals surface area contributed by atoms with Crippen LogP contribution in [0.3, 0.4) is 0 Å². The largest absolute Gasteiger partial charge is 0.392 e. The number of rotatable bonds is 6. The molecule has 0 amide bonds. The van der Waals surface area contributed by atoms with Crippen molar-refractivity contribution < 1.29 is 5.11 Å². The molecule has 0 saturated carbocycles. The van der Waals surface area contributed by atoms with Crippen molar-refractivity contribution in [1.82, 2.24) is 19.6 Å². The SMILES string of the molecule is C[C@H](O)CN1CCC(CNCc2c(Cl)nc3sccn23)CC1. The fourth-order valence-electron chi connectivity index (χ4n) is 3.11. The minimum absolute atomic E-state index is 0.230. The Kier molecular flexibility index (Phi) is 5.36. The fraction of sp³-hybridized carbons (Fsp3) is 0.667. The van der Waals surface area contributed by atoms with Gasteiger partial charge in [-0.15, -0.1) is 11.3 Å². The Morgan fingerprint density at radius 1 is 1.50 bits per heavy atom. The van der Waals surface area contributed by atoms with Crippen LogP contribution in [0, 0.1) is 5.92 Å². The zero-order valence-electron chi connectivity index (χ0n) is 12.8. The summed E-state index contributed by atoms with van der Waals surface area (Å²) in [5, 5.41) is 15.6. The molecule has 1 aliphatic rings. The highest BCUT2D eigenvalue weighted by Crippen LogP contribution is 2.21. The van der Waals surface area contributed by atoms with Crippen molar-refractivity contribution in [2.75, 3.05) is 26.2 Å². The van der Waals surface area contributed by atoms with Gasteiger partial charge in [0.05, 0.1) is 11.8 Å². The summed E-state index contributed by atoms with van der Waals surface area (Å²) in [6.45, 7) is 6.58. The van der Waals surface area contributed by atoms with Crippen molar-refractivity contribution in [1.29, 1.82) is 0 Å². The van der Waals surface area contributed by atoms with E-state index in [-0.39, 0.29) is 6.10 Å². The van der Waals surface area contributed by atoms with E-state index in [9.17, 15) is 5.11 Å². The van der Waals surface area contributed by atoms with E-state index in [1.807, 2.05) is 18.5 Å². The van der Waals surface area contributed by atoms with Gasteiger partial charge in [-0.3, -0.25) is 4.40 Å². The van der Waals surface area contributed by atoms with Crippen LogP contribution < -0.4 is 5.32 Å². The van der Waals surface area contributed by atoms with Crippen LogP contribution in [0.25, 0.3) is 4.96 Å². The highest BCUT2D eigenvalue weighted by molar-refractivity contribution is 7.15. The highest BCUT2D eigenvalue weighted by Gasteiger charge is 2.20. The lowest BCUT2D eigenvalue weighted by atomic mass is 9.96. The van der Waals surface area contributed by atoms with Crippen LogP contribution in [-0.2, 0) is 6.54 Å². The standard InChI is InChI=1S/C15H23ClN4OS/c1-11(21)10-19-4-2-12(3-5-19)8-17-9-13-14(16)18-15-20(13)6-7-22-15/h6-7,11-12,17,21H,2-5,8-10H2,1H3/t11-/m0/s1. The summed E-state index contributed by atoms with van der Waals surface area (Å²) < 4.78 is 2.06. The lowest BCUT2D eigenvalue weighted by Gasteiger charge is -2.32. The molecule has 0 bridgehead atoms. The highest BCUT2D eigenvalue weighted by atomic mass is 35.5. The number of thiazole rings is 1. The second-order valence-corrected chi connectivity index (χ2v) is 7.36. The summed E-state index contributed by atoms with van der Waals surface area (Å²) in [5.41, 5.74) is 1.05. The van der Waals surface area contributed by atoms with Crippen LogP contribution in [-0.4, -0.2) is 51.7 Å². The van der Waals surface area contributed by atoms with Crippen molar-refractivity contribution in [2.45, 2.75) is 32.4 Å². The van der Waals surface area contributed by atoms with Gasteiger partial charge in [0.2, 0.25) is 0 Å². The van der Waals surface area contributed by atoms with Crippen LogP contribution in [0.5, 0.6) is 0 Å². The zero-order chi connectivity index (χ0) is 15.5. The Balaban J connectivity index is 1.44. The molecule has 0 unspecified atom stereocenters. The Morgan fingerprint density at radius 3 is 3.00 bits per heavy atom. The molecule has 3 heterocycles. The van der Waals surface area contributed by atoms with Gasteiger partial charge in [0.25, 0.3) is 0 Å². The number of halogens is 1. The molecule has 1 atom stereocenters. The van der Waals surface area contributed by atoms with Gasteiger partial charge in [-0.25, -0.2) is 4.98 Å². The first kappa shape index (κ1) is 16.2. The van der Waals surface area contributed by atoms with E-state index in [1.165, 1.54) is 12.8 Å². The molecule has 3 rings (SSSR count). The molecule has 0 aromatic carbocycles. The number of fused-ring (bicyclic) bond motifs is 1. The van der Waals surface area contributed by atoms with Crippen molar-refractivity contribution in [3.8, 4) is 0 Å². The summed E-state index contributed by atoms with van der Waals surface area (Å²) in [7, 11) is 0. The third-order valence-corrected chi connectivity index (χ3v) is 5.33. The van der Waals surface area contributed by atoms with Crippen LogP contribution in [0.15, 0.2) is 11.6 Å². The predicted molar refractivity (Wildman–Crippen MR) is 90.6 cm³/mol. The number of imidazole rings is 1. The van der Waals surface area contributed by atoms with Crippen LogP contribution in [0.2, 0.25) is 5.15 Å². The molecule has 1 aliphatic heterocycles. The molecule has 2 aromatic rings. The molecular weight excluding hydrogens is 320 g/mol. The molecule has 1 fully saturated rings. The van der Waals surface area contributed by atoms with Gasteiger partial charge in [0.15, 0.2) is 10.1 Å².